The number of hydrogen-bond donors (Lipinski definition) is 1. The maximum atomic E-state index is 13.1. The van der Waals surface area contributed by atoms with E-state index in [1.54, 1.807) is 0 Å². The summed E-state index contributed by atoms with van der Waals surface area (Å²) < 4.78 is 41.7. The molecule has 8 heteroatoms. The topological polar surface area (TPSA) is 46.9 Å². The molecule has 0 aliphatic heterocycles. The van der Waals surface area contributed by atoms with Crippen LogP contribution in [-0.4, -0.2) is 15.7 Å². The fourth-order valence-corrected chi connectivity index (χ4v) is 2.87. The van der Waals surface area contributed by atoms with Gasteiger partial charge in [-0.1, -0.05) is 46.3 Å². The van der Waals surface area contributed by atoms with Gasteiger partial charge in [0.2, 0.25) is 0 Å². The van der Waals surface area contributed by atoms with Crippen LogP contribution in [0.1, 0.15) is 21.5 Å². The van der Waals surface area contributed by atoms with Gasteiger partial charge in [0.1, 0.15) is 5.82 Å². The van der Waals surface area contributed by atoms with Crippen LogP contribution in [0.3, 0.4) is 0 Å². The minimum atomic E-state index is -4.61. The molecule has 0 bridgehead atoms. The van der Waals surface area contributed by atoms with Crippen molar-refractivity contribution in [3.8, 4) is 0 Å². The van der Waals surface area contributed by atoms with Crippen molar-refractivity contribution in [1.82, 2.24) is 9.78 Å². The highest BCUT2D eigenvalue weighted by Gasteiger charge is 2.34. The maximum absolute atomic E-state index is 13.1. The lowest BCUT2D eigenvalue weighted by molar-refractivity contribution is -0.137. The monoisotopic (exact) mass is 423 g/mol. The molecule has 0 fully saturated rings. The lowest BCUT2D eigenvalue weighted by Gasteiger charge is -2.14. The van der Waals surface area contributed by atoms with Crippen LogP contribution in [0, 0.1) is 0 Å². The van der Waals surface area contributed by atoms with E-state index >= 15 is 0 Å². The fourth-order valence-electron chi connectivity index (χ4n) is 2.46. The number of amides is 1. The van der Waals surface area contributed by atoms with Gasteiger partial charge in [0, 0.05) is 10.5 Å². The summed E-state index contributed by atoms with van der Waals surface area (Å²) in [7, 11) is 0. The van der Waals surface area contributed by atoms with E-state index in [2.05, 4.69) is 26.3 Å². The van der Waals surface area contributed by atoms with Gasteiger partial charge in [-0.25, -0.2) is 4.68 Å². The summed E-state index contributed by atoms with van der Waals surface area (Å²) in [6.07, 6.45) is -3.13. The van der Waals surface area contributed by atoms with Gasteiger partial charge < -0.3 is 5.32 Å². The highest BCUT2D eigenvalue weighted by atomic mass is 79.9. The van der Waals surface area contributed by atoms with Crippen molar-refractivity contribution in [3.05, 3.63) is 82.0 Å². The van der Waals surface area contributed by atoms with Crippen molar-refractivity contribution in [2.75, 3.05) is 5.32 Å². The number of nitrogens with one attached hydrogen (secondary N) is 1. The number of rotatable bonds is 4. The molecule has 0 spiro atoms. The fraction of sp³-hybridized carbons (Fsp3) is 0.111. The minimum absolute atomic E-state index is 0.308. The molecule has 0 radical (unpaired) electrons. The zero-order chi connectivity index (χ0) is 18.7. The van der Waals surface area contributed by atoms with E-state index in [1.165, 1.54) is 29.1 Å². The van der Waals surface area contributed by atoms with Gasteiger partial charge in [-0.15, -0.1) is 0 Å². The van der Waals surface area contributed by atoms with E-state index in [0.717, 1.165) is 22.2 Å². The number of aromatic nitrogens is 2. The van der Waals surface area contributed by atoms with E-state index in [9.17, 15) is 18.0 Å². The van der Waals surface area contributed by atoms with Gasteiger partial charge in [0.15, 0.2) is 0 Å². The Labute approximate surface area is 155 Å². The number of carbonyl (C=O) groups excluding carboxylic acids is 1. The number of anilines is 1. The normalized spacial score (nSPS) is 11.4. The smallest absolute Gasteiger partial charge is 0.307 e. The molecule has 0 aliphatic rings. The summed E-state index contributed by atoms with van der Waals surface area (Å²) in [4.78, 5) is 12.4. The van der Waals surface area contributed by atoms with Crippen LogP contribution in [0.4, 0.5) is 19.0 Å². The highest BCUT2D eigenvalue weighted by Crippen LogP contribution is 2.32. The molecule has 0 unspecified atom stereocenters. The molecule has 1 amide bonds. The van der Waals surface area contributed by atoms with Gasteiger partial charge in [-0.3, -0.25) is 4.79 Å². The zero-order valence-corrected chi connectivity index (χ0v) is 14.9. The van der Waals surface area contributed by atoms with Gasteiger partial charge in [0.05, 0.1) is 23.9 Å². The summed E-state index contributed by atoms with van der Waals surface area (Å²) in [6.45, 7) is 0.352. The Morgan fingerprint density at radius 3 is 2.50 bits per heavy atom. The Hall–Kier alpha value is -2.61. The second-order valence-corrected chi connectivity index (χ2v) is 6.32. The van der Waals surface area contributed by atoms with Crippen molar-refractivity contribution in [2.24, 2.45) is 0 Å². The molecule has 0 saturated carbocycles. The molecule has 2 aromatic carbocycles. The zero-order valence-electron chi connectivity index (χ0n) is 13.3. The summed E-state index contributed by atoms with van der Waals surface area (Å²) in [6, 6.07) is 13.7. The first kappa shape index (κ1) is 18.2. The molecule has 134 valence electrons. The minimum Gasteiger partial charge on any atom is -0.307 e. The van der Waals surface area contributed by atoms with E-state index in [0.29, 0.717) is 12.4 Å². The predicted molar refractivity (Wildman–Crippen MR) is 94.9 cm³/mol. The first-order valence-corrected chi connectivity index (χ1v) is 8.38. The Kier molecular flexibility index (Phi) is 5.13. The molecule has 3 rings (SSSR count). The van der Waals surface area contributed by atoms with Crippen molar-refractivity contribution < 1.29 is 18.0 Å². The second kappa shape index (κ2) is 7.33. The van der Waals surface area contributed by atoms with E-state index in [-0.39, 0.29) is 0 Å². The third kappa shape index (κ3) is 3.96. The molecule has 4 nitrogen and oxygen atoms in total. The Balaban J connectivity index is 1.84. The van der Waals surface area contributed by atoms with Gasteiger partial charge >= 0.3 is 6.18 Å². The molecule has 1 N–H and O–H groups in total. The predicted octanol–water partition coefficient (Wildman–Crippen LogP) is 4.97. The first-order chi connectivity index (χ1) is 12.4. The van der Waals surface area contributed by atoms with Crippen LogP contribution in [0.15, 0.2) is 65.3 Å². The molecule has 1 aromatic heterocycles. The quantitative estimate of drug-likeness (QED) is 0.644. The molecule has 26 heavy (non-hydrogen) atoms. The Morgan fingerprint density at radius 1 is 1.08 bits per heavy atom. The third-order valence-electron chi connectivity index (χ3n) is 3.71. The van der Waals surface area contributed by atoms with Crippen molar-refractivity contribution in [1.29, 1.82) is 0 Å². The van der Waals surface area contributed by atoms with Crippen LogP contribution < -0.4 is 5.32 Å². The highest BCUT2D eigenvalue weighted by molar-refractivity contribution is 9.10. The summed E-state index contributed by atoms with van der Waals surface area (Å²) in [5.41, 5.74) is -0.495. The summed E-state index contributed by atoms with van der Waals surface area (Å²) in [5, 5.41) is 6.63. The number of alkyl halides is 3. The number of carbonyl (C=O) groups is 1. The lowest BCUT2D eigenvalue weighted by Crippen LogP contribution is -2.20. The molecule has 0 saturated heterocycles. The number of halogens is 4. The van der Waals surface area contributed by atoms with Crippen LogP contribution in [-0.2, 0) is 12.7 Å². The van der Waals surface area contributed by atoms with Crippen molar-refractivity contribution in [3.63, 3.8) is 0 Å². The van der Waals surface area contributed by atoms with Gasteiger partial charge in [0.25, 0.3) is 5.91 Å². The molecule has 1 heterocycles. The molecule has 0 aliphatic carbocycles. The van der Waals surface area contributed by atoms with Crippen molar-refractivity contribution in [2.45, 2.75) is 12.7 Å². The summed E-state index contributed by atoms with van der Waals surface area (Å²) in [5.74, 6) is -0.533. The van der Waals surface area contributed by atoms with Crippen LogP contribution in [0.2, 0.25) is 0 Å². The first-order valence-electron chi connectivity index (χ1n) is 7.59. The Morgan fingerprint density at radius 2 is 1.77 bits per heavy atom. The number of nitrogens with zero attached hydrogens (tertiary/aromatic N) is 2. The number of benzene rings is 2. The Bertz CT molecular complexity index is 937. The SMILES string of the molecule is O=C(Nc1ccnn1Cc1ccccc1Br)c1ccccc1C(F)(F)F. The maximum Gasteiger partial charge on any atom is 0.417 e. The number of hydrogen-bond acceptors (Lipinski definition) is 2. The van der Waals surface area contributed by atoms with Crippen LogP contribution in [0.25, 0.3) is 0 Å². The van der Waals surface area contributed by atoms with Gasteiger partial charge in [-0.05, 0) is 23.8 Å². The lowest BCUT2D eigenvalue weighted by atomic mass is 10.1. The second-order valence-electron chi connectivity index (χ2n) is 5.46. The van der Waals surface area contributed by atoms with E-state index < -0.39 is 23.2 Å². The molecular weight excluding hydrogens is 411 g/mol. The van der Waals surface area contributed by atoms with Gasteiger partial charge in [-0.2, -0.15) is 18.3 Å². The van der Waals surface area contributed by atoms with E-state index in [4.69, 9.17) is 0 Å². The van der Waals surface area contributed by atoms with Crippen LogP contribution in [0.5, 0.6) is 0 Å². The van der Waals surface area contributed by atoms with Crippen LogP contribution >= 0.6 is 15.9 Å². The molecule has 3 aromatic rings. The largest absolute Gasteiger partial charge is 0.417 e. The van der Waals surface area contributed by atoms with Crippen molar-refractivity contribution >= 4 is 27.7 Å². The van der Waals surface area contributed by atoms with E-state index in [1.807, 2.05) is 24.3 Å². The average molecular weight is 424 g/mol. The third-order valence-corrected chi connectivity index (χ3v) is 4.49. The molecule has 0 atom stereocenters. The molecular formula is C18H13BrF3N3O. The standard InChI is InChI=1S/C18H13BrF3N3O/c19-15-8-4-1-5-12(15)11-25-16(9-10-23-25)24-17(26)13-6-2-3-7-14(13)18(20,21)22/h1-10H,11H2,(H,24,26). The summed E-state index contributed by atoms with van der Waals surface area (Å²) >= 11 is 3.43. The average Bonchev–Trinajstić information content (AvgIpc) is 3.03.